The molecule has 1 aromatic carbocycles. The highest BCUT2D eigenvalue weighted by Crippen LogP contribution is 2.30. The molecule has 20 heavy (non-hydrogen) atoms. The van der Waals surface area contributed by atoms with E-state index in [1.165, 1.54) is 22.9 Å². The van der Waals surface area contributed by atoms with Crippen molar-refractivity contribution < 1.29 is 14.3 Å². The van der Waals surface area contributed by atoms with Crippen molar-refractivity contribution in [2.24, 2.45) is 14.1 Å². The van der Waals surface area contributed by atoms with Crippen LogP contribution in [-0.4, -0.2) is 25.4 Å². The molecular formula is C14H12FN3O2. The summed E-state index contributed by atoms with van der Waals surface area (Å²) in [6.07, 6.45) is 1.84. The highest BCUT2D eigenvalue weighted by atomic mass is 19.1. The SMILES string of the molecule is Cn1nc(C(=O)O)cc1-c1cn(C)c2ccc(F)cc12. The van der Waals surface area contributed by atoms with Gasteiger partial charge in [0, 0.05) is 36.8 Å². The van der Waals surface area contributed by atoms with Gasteiger partial charge in [-0.2, -0.15) is 5.10 Å². The van der Waals surface area contributed by atoms with Crippen molar-refractivity contribution in [1.82, 2.24) is 14.3 Å². The second-order valence-electron chi connectivity index (χ2n) is 4.66. The van der Waals surface area contributed by atoms with Crippen LogP contribution < -0.4 is 0 Å². The molecule has 3 rings (SSSR count). The number of carboxylic acids is 1. The van der Waals surface area contributed by atoms with Crippen LogP contribution >= 0.6 is 0 Å². The lowest BCUT2D eigenvalue weighted by Crippen LogP contribution is -1.99. The fourth-order valence-corrected chi connectivity index (χ4v) is 2.39. The van der Waals surface area contributed by atoms with Gasteiger partial charge in [-0.15, -0.1) is 0 Å². The molecule has 0 unspecified atom stereocenters. The van der Waals surface area contributed by atoms with Gasteiger partial charge in [0.25, 0.3) is 0 Å². The van der Waals surface area contributed by atoms with Crippen LogP contribution in [-0.2, 0) is 14.1 Å². The summed E-state index contributed by atoms with van der Waals surface area (Å²) in [4.78, 5) is 11.0. The van der Waals surface area contributed by atoms with Crippen LogP contribution in [0.15, 0.2) is 30.5 Å². The summed E-state index contributed by atoms with van der Waals surface area (Å²) in [6.45, 7) is 0. The molecule has 3 aromatic rings. The molecule has 6 heteroatoms. The van der Waals surface area contributed by atoms with Crippen LogP contribution in [0.4, 0.5) is 4.39 Å². The first-order valence-electron chi connectivity index (χ1n) is 5.99. The monoisotopic (exact) mass is 273 g/mol. The lowest BCUT2D eigenvalue weighted by Gasteiger charge is -1.99. The molecule has 0 saturated heterocycles. The number of aromatic nitrogens is 3. The molecule has 2 heterocycles. The third kappa shape index (κ3) is 1.77. The number of aromatic carboxylic acids is 1. The maximum atomic E-state index is 13.4. The highest BCUT2D eigenvalue weighted by Gasteiger charge is 2.16. The molecule has 0 amide bonds. The van der Waals surface area contributed by atoms with Crippen LogP contribution in [0.2, 0.25) is 0 Å². The molecule has 0 spiro atoms. The summed E-state index contributed by atoms with van der Waals surface area (Å²) in [5.74, 6) is -1.41. The predicted octanol–water partition coefficient (Wildman–Crippen LogP) is 2.42. The van der Waals surface area contributed by atoms with E-state index in [1.807, 2.05) is 17.8 Å². The maximum absolute atomic E-state index is 13.4. The molecule has 0 saturated carbocycles. The lowest BCUT2D eigenvalue weighted by molar-refractivity contribution is 0.0689. The summed E-state index contributed by atoms with van der Waals surface area (Å²) in [6, 6.07) is 6.03. The van der Waals surface area contributed by atoms with Gasteiger partial charge in [0.15, 0.2) is 5.69 Å². The number of hydrogen-bond acceptors (Lipinski definition) is 2. The normalized spacial score (nSPS) is 11.2. The van der Waals surface area contributed by atoms with Crippen LogP contribution in [0.5, 0.6) is 0 Å². The Kier molecular flexibility index (Phi) is 2.60. The van der Waals surface area contributed by atoms with E-state index in [2.05, 4.69) is 5.10 Å². The Labute approximate surface area is 113 Å². The third-order valence-corrected chi connectivity index (χ3v) is 3.33. The van der Waals surface area contributed by atoms with E-state index in [-0.39, 0.29) is 11.5 Å². The first-order valence-corrected chi connectivity index (χ1v) is 5.99. The minimum atomic E-state index is -1.08. The van der Waals surface area contributed by atoms with Crippen molar-refractivity contribution in [3.63, 3.8) is 0 Å². The number of nitrogens with zero attached hydrogens (tertiary/aromatic N) is 3. The lowest BCUT2D eigenvalue weighted by atomic mass is 10.1. The van der Waals surface area contributed by atoms with Gasteiger partial charge in [0.1, 0.15) is 5.82 Å². The van der Waals surface area contributed by atoms with Gasteiger partial charge in [0.2, 0.25) is 0 Å². The molecule has 0 bridgehead atoms. The minimum Gasteiger partial charge on any atom is -0.476 e. The fourth-order valence-electron chi connectivity index (χ4n) is 2.39. The molecule has 5 nitrogen and oxygen atoms in total. The van der Waals surface area contributed by atoms with E-state index in [9.17, 15) is 9.18 Å². The van der Waals surface area contributed by atoms with Crippen molar-refractivity contribution >= 4 is 16.9 Å². The van der Waals surface area contributed by atoms with E-state index in [0.717, 1.165) is 16.5 Å². The van der Waals surface area contributed by atoms with Gasteiger partial charge in [-0.05, 0) is 24.3 Å². The minimum absolute atomic E-state index is 0.0316. The topological polar surface area (TPSA) is 60.1 Å². The zero-order valence-electron chi connectivity index (χ0n) is 11.0. The summed E-state index contributed by atoms with van der Waals surface area (Å²) in [5, 5.41) is 13.7. The van der Waals surface area contributed by atoms with Crippen molar-refractivity contribution in [1.29, 1.82) is 0 Å². The number of fused-ring (bicyclic) bond motifs is 1. The predicted molar refractivity (Wildman–Crippen MR) is 72.0 cm³/mol. The van der Waals surface area contributed by atoms with Crippen LogP contribution in [0.1, 0.15) is 10.5 Å². The fraction of sp³-hybridized carbons (Fsp3) is 0.143. The smallest absolute Gasteiger partial charge is 0.356 e. The average Bonchev–Trinajstić information content (AvgIpc) is 2.91. The Hall–Kier alpha value is -2.63. The Morgan fingerprint density at radius 1 is 1.30 bits per heavy atom. The second-order valence-corrected chi connectivity index (χ2v) is 4.66. The Morgan fingerprint density at radius 3 is 2.70 bits per heavy atom. The van der Waals surface area contributed by atoms with Crippen molar-refractivity contribution in [2.45, 2.75) is 0 Å². The molecule has 0 aliphatic heterocycles. The molecule has 0 aliphatic carbocycles. The van der Waals surface area contributed by atoms with Crippen LogP contribution in [0.25, 0.3) is 22.2 Å². The number of carboxylic acid groups (broad SMARTS) is 1. The molecule has 0 radical (unpaired) electrons. The summed E-state index contributed by atoms with van der Waals surface area (Å²) in [7, 11) is 3.53. The summed E-state index contributed by atoms with van der Waals surface area (Å²) >= 11 is 0. The largest absolute Gasteiger partial charge is 0.476 e. The van der Waals surface area contributed by atoms with Gasteiger partial charge >= 0.3 is 5.97 Å². The summed E-state index contributed by atoms with van der Waals surface area (Å²) < 4.78 is 16.8. The Balaban J connectivity index is 2.29. The number of carbonyl (C=O) groups is 1. The molecular weight excluding hydrogens is 261 g/mol. The van der Waals surface area contributed by atoms with Gasteiger partial charge in [-0.25, -0.2) is 9.18 Å². The summed E-state index contributed by atoms with van der Waals surface area (Å²) in [5.41, 5.74) is 2.23. The quantitative estimate of drug-likeness (QED) is 0.780. The first kappa shape index (κ1) is 12.4. The maximum Gasteiger partial charge on any atom is 0.356 e. The molecule has 0 aliphatic rings. The van der Waals surface area contributed by atoms with Gasteiger partial charge in [-0.1, -0.05) is 0 Å². The number of rotatable bonds is 2. The standard InChI is InChI=1S/C14H12FN3O2/c1-17-7-10(9-5-8(15)3-4-12(9)17)13-6-11(14(19)20)16-18(13)2/h3-7H,1-2H3,(H,19,20). The molecule has 2 aromatic heterocycles. The van der Waals surface area contributed by atoms with Crippen molar-refractivity contribution in [3.05, 3.63) is 42.0 Å². The number of aryl methyl sites for hydroxylation is 2. The van der Waals surface area contributed by atoms with Crippen molar-refractivity contribution in [3.8, 4) is 11.3 Å². The highest BCUT2D eigenvalue weighted by molar-refractivity contribution is 5.96. The van der Waals surface area contributed by atoms with E-state index in [4.69, 9.17) is 5.11 Å². The van der Waals surface area contributed by atoms with Crippen LogP contribution in [0.3, 0.4) is 0 Å². The molecule has 0 atom stereocenters. The number of benzene rings is 1. The number of halogens is 1. The molecule has 0 fully saturated rings. The zero-order chi connectivity index (χ0) is 14.4. The van der Waals surface area contributed by atoms with Crippen molar-refractivity contribution in [2.75, 3.05) is 0 Å². The van der Waals surface area contributed by atoms with E-state index in [0.29, 0.717) is 5.69 Å². The molecule has 102 valence electrons. The van der Waals surface area contributed by atoms with Gasteiger partial charge in [-0.3, -0.25) is 4.68 Å². The first-order chi connectivity index (χ1) is 9.47. The third-order valence-electron chi connectivity index (χ3n) is 3.33. The van der Waals surface area contributed by atoms with E-state index < -0.39 is 5.97 Å². The van der Waals surface area contributed by atoms with E-state index in [1.54, 1.807) is 13.1 Å². The molecule has 1 N–H and O–H groups in total. The van der Waals surface area contributed by atoms with E-state index >= 15 is 0 Å². The Morgan fingerprint density at radius 2 is 2.05 bits per heavy atom. The number of hydrogen-bond donors (Lipinski definition) is 1. The van der Waals surface area contributed by atoms with Crippen LogP contribution in [0, 0.1) is 5.82 Å². The average molecular weight is 273 g/mol. The zero-order valence-corrected chi connectivity index (χ0v) is 11.0. The second kappa shape index (κ2) is 4.19. The van der Waals surface area contributed by atoms with Gasteiger partial charge in [0.05, 0.1) is 5.69 Å². The van der Waals surface area contributed by atoms with Gasteiger partial charge < -0.3 is 9.67 Å². The Bertz CT molecular complexity index is 832.